The Bertz CT molecular complexity index is 1030. The van der Waals surface area contributed by atoms with Crippen molar-refractivity contribution in [2.75, 3.05) is 12.0 Å². The number of fused-ring (bicyclic) bond motifs is 1. The van der Waals surface area contributed by atoms with Crippen molar-refractivity contribution in [3.8, 4) is 11.4 Å². The minimum Gasteiger partial charge on any atom is -0.331 e. The quantitative estimate of drug-likeness (QED) is 0.625. The topological polar surface area (TPSA) is 85.7 Å². The Morgan fingerprint density at radius 1 is 1.44 bits per heavy atom. The van der Waals surface area contributed by atoms with E-state index < -0.39 is 21.0 Å². The number of pyridine rings is 1. The van der Waals surface area contributed by atoms with Gasteiger partial charge in [-0.2, -0.15) is 13.8 Å². The van der Waals surface area contributed by atoms with Gasteiger partial charge in [0.2, 0.25) is 5.82 Å². The first-order valence-corrected chi connectivity index (χ1v) is 9.69. The predicted octanol–water partition coefficient (Wildman–Crippen LogP) is 3.29. The predicted molar refractivity (Wildman–Crippen MR) is 89.0 cm³/mol. The molecule has 11 heteroatoms. The van der Waals surface area contributed by atoms with Crippen LogP contribution in [0.1, 0.15) is 18.5 Å². The summed E-state index contributed by atoms with van der Waals surface area (Å²) in [4.78, 5) is 7.97. The van der Waals surface area contributed by atoms with Gasteiger partial charge in [0.05, 0.1) is 12.2 Å². The van der Waals surface area contributed by atoms with Crippen LogP contribution < -0.4 is 0 Å². The summed E-state index contributed by atoms with van der Waals surface area (Å²) in [6.45, 7) is 2.04. The summed E-state index contributed by atoms with van der Waals surface area (Å²) in [5.41, 5.74) is 1.64. The van der Waals surface area contributed by atoms with Crippen LogP contribution in [0.15, 0.2) is 33.4 Å². The largest absolute Gasteiger partial charge is 0.400 e. The van der Waals surface area contributed by atoms with Crippen LogP contribution in [-0.2, 0) is 21.7 Å². The van der Waals surface area contributed by atoms with Gasteiger partial charge in [0, 0.05) is 39.7 Å². The summed E-state index contributed by atoms with van der Waals surface area (Å²) >= 11 is 4.86. The smallest absolute Gasteiger partial charge is 0.331 e. The Morgan fingerprint density at radius 2 is 2.20 bits per heavy atom. The van der Waals surface area contributed by atoms with Crippen molar-refractivity contribution in [1.82, 2.24) is 19.5 Å². The molecule has 0 saturated heterocycles. The molecule has 3 heterocycles. The number of hydrogen-bond donors (Lipinski definition) is 0. The zero-order chi connectivity index (χ0) is 18.2. The van der Waals surface area contributed by atoms with Crippen LogP contribution in [0.4, 0.5) is 8.78 Å². The molecule has 0 fully saturated rings. The fourth-order valence-electron chi connectivity index (χ4n) is 2.00. The van der Waals surface area contributed by atoms with Crippen molar-refractivity contribution < 1.29 is 17.5 Å². The van der Waals surface area contributed by atoms with E-state index in [4.69, 9.17) is 11.6 Å². The minimum atomic E-state index is -3.72. The highest BCUT2D eigenvalue weighted by atomic mass is 35.5. The highest BCUT2D eigenvalue weighted by Crippen LogP contribution is 2.32. The molecule has 0 radical (unpaired) electrons. The van der Waals surface area contributed by atoms with Gasteiger partial charge < -0.3 is 8.92 Å². The van der Waals surface area contributed by atoms with Crippen molar-refractivity contribution >= 4 is 27.0 Å². The van der Waals surface area contributed by atoms with Gasteiger partial charge in [-0.1, -0.05) is 12.1 Å². The van der Waals surface area contributed by atoms with Crippen molar-refractivity contribution in [1.29, 1.82) is 0 Å². The number of nitrogens with zero attached hydrogens (tertiary/aromatic N) is 5. The van der Waals surface area contributed by atoms with Gasteiger partial charge in [-0.05, 0) is 23.7 Å². The first-order chi connectivity index (χ1) is 11.7. The van der Waals surface area contributed by atoms with Crippen LogP contribution in [0, 0.1) is 0 Å². The molecule has 3 aromatic rings. The molecular formula is C14H14ClF2N5O2S. The molecule has 3 rings (SSSR count). The van der Waals surface area contributed by atoms with Crippen molar-refractivity contribution in [2.24, 2.45) is 4.36 Å². The van der Waals surface area contributed by atoms with Gasteiger partial charge in [-0.25, -0.2) is 9.35 Å². The summed E-state index contributed by atoms with van der Waals surface area (Å²) < 4.78 is 48.3. The molecule has 0 aliphatic carbocycles. The lowest BCUT2D eigenvalue weighted by Gasteiger charge is -1.98. The van der Waals surface area contributed by atoms with Gasteiger partial charge in [0.15, 0.2) is 0 Å². The molecule has 0 amide bonds. The number of rotatable bonds is 5. The molecule has 25 heavy (non-hydrogen) atoms. The number of alkyl halides is 3. The third-order valence-electron chi connectivity index (χ3n) is 3.47. The molecule has 0 aliphatic heterocycles. The van der Waals surface area contributed by atoms with Crippen LogP contribution >= 0.6 is 11.6 Å². The maximum absolute atomic E-state index is 13.0. The van der Waals surface area contributed by atoms with Crippen molar-refractivity contribution in [3.63, 3.8) is 0 Å². The fraction of sp³-hybridized carbons (Fsp3) is 0.357. The van der Waals surface area contributed by atoms with Crippen LogP contribution in [0.2, 0.25) is 0 Å². The first kappa shape index (κ1) is 17.7. The zero-order valence-corrected chi connectivity index (χ0v) is 14.9. The second-order valence-corrected chi connectivity index (χ2v) is 8.60. The van der Waals surface area contributed by atoms with E-state index in [9.17, 15) is 13.0 Å². The minimum absolute atomic E-state index is 0.0189. The summed E-state index contributed by atoms with van der Waals surface area (Å²) in [5, 5.41) is -0.216. The zero-order valence-electron chi connectivity index (χ0n) is 13.3. The molecule has 134 valence electrons. The second kappa shape index (κ2) is 6.34. The Labute approximate surface area is 147 Å². The lowest BCUT2D eigenvalue weighted by atomic mass is 10.2. The summed E-state index contributed by atoms with van der Waals surface area (Å²) in [5.74, 6) is -0.519. The van der Waals surface area contributed by atoms with Gasteiger partial charge in [0.25, 0.3) is 0 Å². The first-order valence-electron chi connectivity index (χ1n) is 7.22. The number of hydrogen-bond acceptors (Lipinski definition) is 6. The monoisotopic (exact) mass is 389 g/mol. The van der Waals surface area contributed by atoms with Crippen LogP contribution in [-0.4, -0.2) is 35.7 Å². The fourth-order valence-corrected chi connectivity index (χ4v) is 2.66. The van der Waals surface area contributed by atoms with Gasteiger partial charge in [-0.3, -0.25) is 4.21 Å². The van der Waals surface area contributed by atoms with E-state index >= 15 is 0 Å². The summed E-state index contributed by atoms with van der Waals surface area (Å²) in [6.07, 6.45) is 5.03. The van der Waals surface area contributed by atoms with Gasteiger partial charge >= 0.3 is 11.3 Å². The number of halogens is 3. The number of aromatic nitrogens is 4. The number of imidazole rings is 1. The Morgan fingerprint density at radius 3 is 2.84 bits per heavy atom. The maximum Gasteiger partial charge on any atom is 0.400 e. The van der Waals surface area contributed by atoms with E-state index in [0.29, 0.717) is 22.7 Å². The molecule has 3 aromatic heterocycles. The molecule has 1 unspecified atom stereocenters. The van der Waals surface area contributed by atoms with Crippen LogP contribution in [0.25, 0.3) is 17.0 Å². The Kier molecular flexibility index (Phi) is 4.50. The van der Waals surface area contributed by atoms with E-state index in [1.807, 2.05) is 6.92 Å². The molecule has 0 aromatic carbocycles. The molecular weight excluding hydrogens is 376 g/mol. The lowest BCUT2D eigenvalue weighted by molar-refractivity contribution is 0.0551. The Hall–Kier alpha value is -2.07. The molecule has 0 saturated carbocycles. The molecule has 0 spiro atoms. The van der Waals surface area contributed by atoms with E-state index in [2.05, 4.69) is 24.0 Å². The van der Waals surface area contributed by atoms with E-state index in [1.165, 1.54) is 0 Å². The van der Waals surface area contributed by atoms with E-state index in [1.54, 1.807) is 35.2 Å². The molecule has 1 atom stereocenters. The van der Waals surface area contributed by atoms with Gasteiger partial charge in [-0.15, -0.1) is 0 Å². The van der Waals surface area contributed by atoms with Crippen molar-refractivity contribution in [2.45, 2.75) is 18.9 Å². The second-order valence-electron chi connectivity index (χ2n) is 5.37. The summed E-state index contributed by atoms with van der Waals surface area (Å²) in [7, 11) is -2.21. The maximum atomic E-state index is 13.0. The normalized spacial score (nSPS) is 14.6. The average molecular weight is 390 g/mol. The highest BCUT2D eigenvalue weighted by molar-refractivity contribution is 7.92. The van der Waals surface area contributed by atoms with Gasteiger partial charge in [0.1, 0.15) is 5.65 Å². The summed E-state index contributed by atoms with van der Waals surface area (Å²) in [6, 6.07) is 3.25. The molecule has 7 nitrogen and oxygen atoms in total. The molecule has 0 bridgehead atoms. The highest BCUT2D eigenvalue weighted by Gasteiger charge is 2.35. The van der Waals surface area contributed by atoms with E-state index in [-0.39, 0.29) is 12.4 Å². The lowest BCUT2D eigenvalue weighted by Crippen LogP contribution is -2.03. The van der Waals surface area contributed by atoms with Crippen molar-refractivity contribution in [3.05, 3.63) is 36.1 Å². The standard InChI is InChI=1S/C14H14ClF2N5O2S/c1-3-25(2,23)18-7-10-8-22-5-4-9(6-11(22)19-10)12-20-13(24-21-12)14(15,16)17/h4-6,8H,3,7H2,1-2H3. The Balaban J connectivity index is 1.92. The third kappa shape index (κ3) is 3.96. The SMILES string of the molecule is CCS(C)(=O)=NCc1cn2ccc(-c3noc(C(F)(F)Cl)n3)cc2n1. The van der Waals surface area contributed by atoms with E-state index in [0.717, 1.165) is 0 Å². The van der Waals surface area contributed by atoms with Crippen LogP contribution in [0.5, 0.6) is 0 Å². The van der Waals surface area contributed by atoms with Crippen LogP contribution in [0.3, 0.4) is 0 Å². The molecule has 0 aliphatic rings. The molecule has 0 N–H and O–H groups in total. The average Bonchev–Trinajstić information content (AvgIpc) is 3.18. The third-order valence-corrected chi connectivity index (χ3v) is 5.38.